The van der Waals surface area contributed by atoms with E-state index >= 15 is 0 Å². The first-order chi connectivity index (χ1) is 16.7. The lowest BCUT2D eigenvalue weighted by molar-refractivity contribution is -0.634. The molecule has 0 bridgehead atoms. The van der Waals surface area contributed by atoms with Crippen molar-refractivity contribution in [3.63, 3.8) is 0 Å². The minimum absolute atomic E-state index is 0. The SMILES string of the molecule is COc1ccc2c(cc3c([n+]2C)-c2cc4c(cc2CC3)OCO4)c1OCCCN1CCCCC1.[Cl-]. The number of halogens is 1. The smallest absolute Gasteiger partial charge is 0.231 e. The van der Waals surface area contributed by atoms with Crippen LogP contribution in [0.2, 0.25) is 0 Å². The first kappa shape index (κ1) is 24.0. The van der Waals surface area contributed by atoms with Crippen molar-refractivity contribution in [2.24, 2.45) is 7.05 Å². The summed E-state index contributed by atoms with van der Waals surface area (Å²) in [5.41, 5.74) is 6.25. The Balaban J connectivity index is 0.00000253. The van der Waals surface area contributed by atoms with Gasteiger partial charge in [-0.15, -0.1) is 0 Å². The van der Waals surface area contributed by atoms with Gasteiger partial charge in [0, 0.05) is 18.2 Å². The second-order valence-corrected chi connectivity index (χ2v) is 9.57. The van der Waals surface area contributed by atoms with Crippen LogP contribution in [0.4, 0.5) is 0 Å². The summed E-state index contributed by atoms with van der Waals surface area (Å²) in [6, 6.07) is 10.8. The molecular weight excluding hydrogens is 464 g/mol. The number of likely N-dealkylation sites (tertiary alicyclic amines) is 1. The van der Waals surface area contributed by atoms with Gasteiger partial charge in [-0.2, -0.15) is 4.57 Å². The number of hydrogen-bond acceptors (Lipinski definition) is 5. The minimum atomic E-state index is 0. The van der Waals surface area contributed by atoms with Crippen molar-refractivity contribution in [3.05, 3.63) is 41.5 Å². The summed E-state index contributed by atoms with van der Waals surface area (Å²) in [6.45, 7) is 4.54. The zero-order valence-electron chi connectivity index (χ0n) is 20.6. The molecule has 3 heterocycles. The van der Waals surface area contributed by atoms with Crippen LogP contribution in [-0.2, 0) is 19.9 Å². The third kappa shape index (κ3) is 4.38. The molecule has 0 N–H and O–H groups in total. The Morgan fingerprint density at radius 2 is 1.74 bits per heavy atom. The van der Waals surface area contributed by atoms with Crippen LogP contribution >= 0.6 is 0 Å². The van der Waals surface area contributed by atoms with Crippen LogP contribution in [0.3, 0.4) is 0 Å². The number of pyridine rings is 1. The number of methoxy groups -OCH3 is 1. The van der Waals surface area contributed by atoms with Gasteiger partial charge in [-0.05, 0) is 75.0 Å². The van der Waals surface area contributed by atoms with Gasteiger partial charge >= 0.3 is 0 Å². The van der Waals surface area contributed by atoms with E-state index in [2.05, 4.69) is 40.8 Å². The van der Waals surface area contributed by atoms with Gasteiger partial charge < -0.3 is 36.3 Å². The van der Waals surface area contributed by atoms with E-state index in [1.807, 2.05) is 6.07 Å². The average Bonchev–Trinajstić information content (AvgIpc) is 3.33. The molecule has 6 nitrogen and oxygen atoms in total. The first-order valence-electron chi connectivity index (χ1n) is 12.5. The summed E-state index contributed by atoms with van der Waals surface area (Å²) >= 11 is 0. The number of rotatable bonds is 6. The van der Waals surface area contributed by atoms with Crippen molar-refractivity contribution >= 4 is 10.9 Å². The molecule has 35 heavy (non-hydrogen) atoms. The van der Waals surface area contributed by atoms with Gasteiger partial charge in [0.2, 0.25) is 18.0 Å². The van der Waals surface area contributed by atoms with Gasteiger partial charge in [0.25, 0.3) is 0 Å². The highest BCUT2D eigenvalue weighted by molar-refractivity contribution is 5.88. The predicted molar refractivity (Wildman–Crippen MR) is 131 cm³/mol. The normalized spacial score (nSPS) is 16.4. The van der Waals surface area contributed by atoms with Crippen LogP contribution in [0.25, 0.3) is 22.2 Å². The van der Waals surface area contributed by atoms with E-state index in [-0.39, 0.29) is 12.4 Å². The molecule has 3 aliphatic rings. The van der Waals surface area contributed by atoms with Crippen LogP contribution in [0.1, 0.15) is 36.8 Å². The van der Waals surface area contributed by atoms with Gasteiger partial charge in [-0.3, -0.25) is 0 Å². The predicted octanol–water partition coefficient (Wildman–Crippen LogP) is 1.43. The number of aryl methyl sites for hydroxylation is 3. The Hall–Kier alpha value is -2.70. The largest absolute Gasteiger partial charge is 1.00 e. The molecule has 1 fully saturated rings. The van der Waals surface area contributed by atoms with Crippen LogP contribution in [0.5, 0.6) is 23.0 Å². The topological polar surface area (TPSA) is 44.0 Å². The molecule has 0 radical (unpaired) electrons. The Morgan fingerprint density at radius 3 is 2.54 bits per heavy atom. The number of aromatic nitrogens is 1. The highest BCUT2D eigenvalue weighted by Crippen LogP contribution is 2.43. The van der Waals surface area contributed by atoms with Crippen molar-refractivity contribution in [1.82, 2.24) is 4.90 Å². The third-order valence-electron chi connectivity index (χ3n) is 7.51. The van der Waals surface area contributed by atoms with Gasteiger partial charge in [0.05, 0.1) is 24.7 Å². The summed E-state index contributed by atoms with van der Waals surface area (Å²) in [4.78, 5) is 2.56. The molecule has 1 aliphatic carbocycles. The second-order valence-electron chi connectivity index (χ2n) is 9.57. The quantitative estimate of drug-likeness (QED) is 0.381. The zero-order chi connectivity index (χ0) is 23.1. The molecule has 6 rings (SSSR count). The maximum atomic E-state index is 6.41. The van der Waals surface area contributed by atoms with Gasteiger partial charge in [-0.25, -0.2) is 0 Å². The van der Waals surface area contributed by atoms with Crippen molar-refractivity contribution in [2.45, 2.75) is 38.5 Å². The number of ether oxygens (including phenoxy) is 4. The molecule has 2 aromatic carbocycles. The van der Waals surface area contributed by atoms with E-state index < -0.39 is 0 Å². The number of hydrogen-bond donors (Lipinski definition) is 0. The Kier molecular flexibility index (Phi) is 6.94. The Bertz CT molecular complexity index is 1240. The van der Waals surface area contributed by atoms with Crippen molar-refractivity contribution < 1.29 is 35.9 Å². The lowest BCUT2D eigenvalue weighted by Crippen LogP contribution is -3.00. The summed E-state index contributed by atoms with van der Waals surface area (Å²) in [5, 5.41) is 1.11. The van der Waals surface area contributed by atoms with E-state index in [4.69, 9.17) is 18.9 Å². The Labute approximate surface area is 213 Å². The molecule has 2 aliphatic heterocycles. The molecule has 0 atom stereocenters. The van der Waals surface area contributed by atoms with Crippen LogP contribution in [-0.4, -0.2) is 45.0 Å². The van der Waals surface area contributed by atoms with Crippen LogP contribution in [0, 0.1) is 0 Å². The first-order valence-corrected chi connectivity index (χ1v) is 12.5. The van der Waals surface area contributed by atoms with E-state index in [1.165, 1.54) is 54.7 Å². The standard InChI is InChI=1S/C28H33N2O4.ClH/c1-29-23-9-10-24(31-2)28(32-14-6-13-30-11-4-3-5-12-30)22(23)15-20-8-7-19-16-25-26(34-18-33-25)17-21(19)27(20)29;/h9-10,15-17H,3-8,11-14,18H2,1-2H3;1H/q+1;/p-1. The van der Waals surface area contributed by atoms with E-state index in [1.54, 1.807) is 7.11 Å². The lowest BCUT2D eigenvalue weighted by Gasteiger charge is -2.26. The van der Waals surface area contributed by atoms with Crippen LogP contribution in [0.15, 0.2) is 30.3 Å². The fourth-order valence-electron chi connectivity index (χ4n) is 5.76. The van der Waals surface area contributed by atoms with Crippen molar-refractivity contribution in [2.75, 3.05) is 40.1 Å². The molecule has 0 amide bonds. The molecule has 7 heteroatoms. The van der Waals surface area contributed by atoms with E-state index in [0.717, 1.165) is 59.7 Å². The van der Waals surface area contributed by atoms with Crippen molar-refractivity contribution in [3.8, 4) is 34.3 Å². The summed E-state index contributed by atoms with van der Waals surface area (Å²) in [6.07, 6.45) is 7.01. The molecular formula is C28H33ClN2O4. The number of fused-ring (bicyclic) bond motifs is 5. The molecule has 1 saturated heterocycles. The fourth-order valence-corrected chi connectivity index (χ4v) is 5.76. The number of piperidine rings is 1. The molecule has 1 aromatic heterocycles. The third-order valence-corrected chi connectivity index (χ3v) is 7.51. The van der Waals surface area contributed by atoms with Gasteiger partial charge in [0.1, 0.15) is 7.05 Å². The monoisotopic (exact) mass is 496 g/mol. The summed E-state index contributed by atoms with van der Waals surface area (Å²) < 4.78 is 25.7. The van der Waals surface area contributed by atoms with Crippen molar-refractivity contribution in [1.29, 1.82) is 0 Å². The maximum Gasteiger partial charge on any atom is 0.231 e. The van der Waals surface area contributed by atoms with Gasteiger partial charge in [-0.1, -0.05) is 6.42 Å². The molecule has 186 valence electrons. The highest BCUT2D eigenvalue weighted by atomic mass is 35.5. The van der Waals surface area contributed by atoms with Crippen LogP contribution < -0.4 is 35.9 Å². The molecule has 0 saturated carbocycles. The Morgan fingerprint density at radius 1 is 0.971 bits per heavy atom. The molecule has 0 unspecified atom stereocenters. The van der Waals surface area contributed by atoms with E-state index in [9.17, 15) is 0 Å². The summed E-state index contributed by atoms with van der Waals surface area (Å²) in [7, 11) is 3.87. The van der Waals surface area contributed by atoms with Gasteiger partial charge in [0.15, 0.2) is 23.0 Å². The number of benzene rings is 2. The minimum Gasteiger partial charge on any atom is -1.00 e. The average molecular weight is 497 g/mol. The number of nitrogens with zero attached hydrogens (tertiary/aromatic N) is 2. The maximum absolute atomic E-state index is 6.41. The zero-order valence-corrected chi connectivity index (χ0v) is 21.3. The summed E-state index contributed by atoms with van der Waals surface area (Å²) in [5.74, 6) is 3.34. The van der Waals surface area contributed by atoms with E-state index in [0.29, 0.717) is 13.4 Å². The lowest BCUT2D eigenvalue weighted by atomic mass is 9.87. The second kappa shape index (κ2) is 10.1. The fraction of sp³-hybridized carbons (Fsp3) is 0.464. The highest BCUT2D eigenvalue weighted by Gasteiger charge is 2.30. The molecule has 0 spiro atoms. The molecule has 3 aromatic rings.